The van der Waals surface area contributed by atoms with Crippen molar-refractivity contribution < 1.29 is 9.53 Å². The summed E-state index contributed by atoms with van der Waals surface area (Å²) in [5.41, 5.74) is 0.150. The molecule has 2 saturated heterocycles. The number of hydrogen-bond acceptors (Lipinski definition) is 3. The maximum Gasteiger partial charge on any atom is 0.237 e. The first-order valence-corrected chi connectivity index (χ1v) is 7.06. The summed E-state index contributed by atoms with van der Waals surface area (Å²) in [6.07, 6.45) is 2.40. The van der Waals surface area contributed by atoms with Gasteiger partial charge in [0.1, 0.15) is 0 Å². The quantitative estimate of drug-likeness (QED) is 0.824. The van der Waals surface area contributed by atoms with Crippen LogP contribution in [0.15, 0.2) is 0 Å². The molecule has 0 saturated carbocycles. The number of nitrogens with one attached hydrogen (secondary N) is 1. The van der Waals surface area contributed by atoms with Crippen LogP contribution in [0.5, 0.6) is 0 Å². The van der Waals surface area contributed by atoms with E-state index in [1.807, 2.05) is 6.92 Å². The smallest absolute Gasteiger partial charge is 0.237 e. The molecule has 1 amide bonds. The maximum atomic E-state index is 12.2. The highest BCUT2D eigenvalue weighted by molar-refractivity contribution is 5.81. The van der Waals surface area contributed by atoms with E-state index in [0.717, 1.165) is 19.8 Å². The van der Waals surface area contributed by atoms with E-state index in [-0.39, 0.29) is 17.4 Å². The topological polar surface area (TPSA) is 41.6 Å². The van der Waals surface area contributed by atoms with Gasteiger partial charge in [-0.25, -0.2) is 0 Å². The first-order valence-electron chi connectivity index (χ1n) is 7.06. The molecule has 1 N–H and O–H groups in total. The van der Waals surface area contributed by atoms with Gasteiger partial charge in [-0.1, -0.05) is 6.92 Å². The normalized spacial score (nSPS) is 32.9. The van der Waals surface area contributed by atoms with Gasteiger partial charge >= 0.3 is 0 Å². The summed E-state index contributed by atoms with van der Waals surface area (Å²) in [5, 5.41) is 3.08. The zero-order chi connectivity index (χ0) is 13.3. The lowest BCUT2D eigenvalue weighted by Crippen LogP contribution is -2.54. The Labute approximate surface area is 110 Å². The predicted molar refractivity (Wildman–Crippen MR) is 71.4 cm³/mol. The van der Waals surface area contributed by atoms with Crippen molar-refractivity contribution in [2.45, 2.75) is 58.7 Å². The molecule has 0 radical (unpaired) electrons. The minimum Gasteiger partial charge on any atom is -0.380 e. The van der Waals surface area contributed by atoms with Gasteiger partial charge in [0.15, 0.2) is 0 Å². The summed E-state index contributed by atoms with van der Waals surface area (Å²) >= 11 is 0. The van der Waals surface area contributed by atoms with Gasteiger partial charge in [-0.3, -0.25) is 9.69 Å². The molecule has 2 rings (SSSR count). The van der Waals surface area contributed by atoms with E-state index in [1.54, 1.807) is 0 Å². The molecule has 3 unspecified atom stereocenters. The molecule has 4 heteroatoms. The Morgan fingerprint density at radius 1 is 1.39 bits per heavy atom. The molecule has 0 aromatic heterocycles. The van der Waals surface area contributed by atoms with Gasteiger partial charge in [0, 0.05) is 24.0 Å². The fraction of sp³-hybridized carbons (Fsp3) is 0.929. The van der Waals surface area contributed by atoms with Crippen molar-refractivity contribution in [3.63, 3.8) is 0 Å². The number of rotatable bonds is 4. The third-order valence-electron chi connectivity index (χ3n) is 4.44. The van der Waals surface area contributed by atoms with E-state index in [2.05, 4.69) is 31.0 Å². The van der Waals surface area contributed by atoms with Crippen LogP contribution < -0.4 is 5.32 Å². The Morgan fingerprint density at radius 2 is 1.94 bits per heavy atom. The van der Waals surface area contributed by atoms with E-state index in [0.29, 0.717) is 12.1 Å². The molecule has 3 atom stereocenters. The number of hydrogen-bond donors (Lipinski definition) is 1. The van der Waals surface area contributed by atoms with Gasteiger partial charge in [0.2, 0.25) is 5.91 Å². The maximum absolute atomic E-state index is 12.2. The fourth-order valence-electron chi connectivity index (χ4n) is 3.11. The first kappa shape index (κ1) is 13.8. The SMILES string of the molecule is CC1CCC(C)N1C(C)C(=O)NCC1(C)COC1. The first-order chi connectivity index (χ1) is 8.43. The molecule has 2 heterocycles. The van der Waals surface area contributed by atoms with Crippen molar-refractivity contribution in [2.24, 2.45) is 5.41 Å². The molecule has 0 aromatic rings. The number of nitrogens with zero attached hydrogens (tertiary/aromatic N) is 1. The molecular weight excluding hydrogens is 228 g/mol. The largest absolute Gasteiger partial charge is 0.380 e. The van der Waals surface area contributed by atoms with Crippen molar-refractivity contribution in [1.29, 1.82) is 0 Å². The van der Waals surface area contributed by atoms with Crippen LogP contribution in [0, 0.1) is 5.41 Å². The minimum absolute atomic E-state index is 0.0258. The van der Waals surface area contributed by atoms with Crippen molar-refractivity contribution in [2.75, 3.05) is 19.8 Å². The molecule has 4 nitrogen and oxygen atoms in total. The molecule has 0 aromatic carbocycles. The lowest BCUT2D eigenvalue weighted by Gasteiger charge is -2.39. The molecular formula is C14H26N2O2. The molecule has 104 valence electrons. The summed E-state index contributed by atoms with van der Waals surface area (Å²) in [4.78, 5) is 14.6. The highest BCUT2D eigenvalue weighted by Gasteiger charge is 2.37. The lowest BCUT2D eigenvalue weighted by atomic mass is 9.88. The summed E-state index contributed by atoms with van der Waals surface area (Å²) in [6.45, 7) is 10.9. The molecule has 2 aliphatic rings. The van der Waals surface area contributed by atoms with Gasteiger partial charge in [-0.05, 0) is 33.6 Å². The van der Waals surface area contributed by atoms with E-state index in [9.17, 15) is 4.79 Å². The third-order valence-corrected chi connectivity index (χ3v) is 4.44. The van der Waals surface area contributed by atoms with E-state index < -0.39 is 0 Å². The van der Waals surface area contributed by atoms with E-state index >= 15 is 0 Å². The second kappa shape index (κ2) is 5.17. The van der Waals surface area contributed by atoms with Gasteiger partial charge in [0.25, 0.3) is 0 Å². The Balaban J connectivity index is 1.84. The van der Waals surface area contributed by atoms with Crippen LogP contribution in [0.3, 0.4) is 0 Å². The van der Waals surface area contributed by atoms with Crippen LogP contribution >= 0.6 is 0 Å². The Kier molecular flexibility index (Phi) is 3.97. The minimum atomic E-state index is -0.0258. The predicted octanol–water partition coefficient (Wildman–Crippen LogP) is 1.40. The summed E-state index contributed by atoms with van der Waals surface area (Å²) < 4.78 is 5.20. The fourth-order valence-corrected chi connectivity index (χ4v) is 3.11. The number of carbonyl (C=O) groups excluding carboxylic acids is 1. The average Bonchev–Trinajstić information content (AvgIpc) is 2.62. The third kappa shape index (κ3) is 2.69. The van der Waals surface area contributed by atoms with Crippen LogP contribution in [0.1, 0.15) is 40.5 Å². The van der Waals surface area contributed by atoms with Crippen LogP contribution in [0.25, 0.3) is 0 Å². The second-order valence-electron chi connectivity index (χ2n) is 6.42. The van der Waals surface area contributed by atoms with Crippen molar-refractivity contribution >= 4 is 5.91 Å². The second-order valence-corrected chi connectivity index (χ2v) is 6.42. The van der Waals surface area contributed by atoms with Crippen LogP contribution in [0.2, 0.25) is 0 Å². The molecule has 2 aliphatic heterocycles. The number of carbonyl (C=O) groups is 1. The van der Waals surface area contributed by atoms with Crippen LogP contribution in [-0.4, -0.2) is 48.7 Å². The summed E-state index contributed by atoms with van der Waals surface area (Å²) in [7, 11) is 0. The lowest BCUT2D eigenvalue weighted by molar-refractivity contribution is -0.131. The molecule has 0 bridgehead atoms. The Morgan fingerprint density at radius 3 is 2.39 bits per heavy atom. The van der Waals surface area contributed by atoms with Crippen molar-refractivity contribution in [3.8, 4) is 0 Å². The van der Waals surface area contributed by atoms with Gasteiger partial charge in [-0.2, -0.15) is 0 Å². The van der Waals surface area contributed by atoms with Crippen molar-refractivity contribution in [1.82, 2.24) is 10.2 Å². The van der Waals surface area contributed by atoms with Crippen molar-refractivity contribution in [3.05, 3.63) is 0 Å². The summed E-state index contributed by atoms with van der Waals surface area (Å²) in [6, 6.07) is 1.01. The Hall–Kier alpha value is -0.610. The highest BCUT2D eigenvalue weighted by atomic mass is 16.5. The Bertz CT molecular complexity index is 305. The molecule has 0 spiro atoms. The van der Waals surface area contributed by atoms with Gasteiger partial charge in [-0.15, -0.1) is 0 Å². The van der Waals surface area contributed by atoms with Gasteiger partial charge < -0.3 is 10.1 Å². The number of likely N-dealkylation sites (tertiary alicyclic amines) is 1. The monoisotopic (exact) mass is 254 g/mol. The van der Waals surface area contributed by atoms with Crippen LogP contribution in [0.4, 0.5) is 0 Å². The zero-order valence-corrected chi connectivity index (χ0v) is 12.0. The molecule has 2 fully saturated rings. The molecule has 18 heavy (non-hydrogen) atoms. The van der Waals surface area contributed by atoms with E-state index in [4.69, 9.17) is 4.74 Å². The number of ether oxygens (including phenoxy) is 1. The van der Waals surface area contributed by atoms with Crippen LogP contribution in [-0.2, 0) is 9.53 Å². The zero-order valence-electron chi connectivity index (χ0n) is 12.0. The van der Waals surface area contributed by atoms with Gasteiger partial charge in [0.05, 0.1) is 19.3 Å². The highest BCUT2D eigenvalue weighted by Crippen LogP contribution is 2.27. The van der Waals surface area contributed by atoms with E-state index in [1.165, 1.54) is 12.8 Å². The average molecular weight is 254 g/mol. The number of amides is 1. The standard InChI is InChI=1S/C14H26N2O2/c1-10-5-6-11(2)16(10)12(3)13(17)15-7-14(4)8-18-9-14/h10-12H,5-9H2,1-4H3,(H,15,17). The summed E-state index contributed by atoms with van der Waals surface area (Å²) in [5.74, 6) is 0.156. The molecule has 0 aliphatic carbocycles.